The third kappa shape index (κ3) is 3.93. The van der Waals surface area contributed by atoms with E-state index in [0.717, 1.165) is 4.31 Å². The lowest BCUT2D eigenvalue weighted by Gasteiger charge is -2.26. The Kier molecular flexibility index (Phi) is 5.34. The van der Waals surface area contributed by atoms with Gasteiger partial charge in [0.1, 0.15) is 0 Å². The van der Waals surface area contributed by atoms with Crippen molar-refractivity contribution < 1.29 is 13.5 Å². The van der Waals surface area contributed by atoms with Crippen LogP contribution in [-0.2, 0) is 10.0 Å². The van der Waals surface area contributed by atoms with Crippen molar-refractivity contribution in [2.45, 2.75) is 17.9 Å². The van der Waals surface area contributed by atoms with E-state index in [0.29, 0.717) is 5.69 Å². The van der Waals surface area contributed by atoms with Gasteiger partial charge >= 0.3 is 0 Å². The SMILES string of the molecule is C[C@H](O)CN(c1ccccc1)S(=O)(=O)c1cc(Cl)cc(Cl)c1. The number of nitrogens with zero attached hydrogens (tertiary/aromatic N) is 1. The number of hydrogen-bond donors (Lipinski definition) is 1. The first-order valence-electron chi connectivity index (χ1n) is 6.52. The van der Waals surface area contributed by atoms with Crippen molar-refractivity contribution >= 4 is 38.9 Å². The van der Waals surface area contributed by atoms with Gasteiger partial charge in [0.2, 0.25) is 0 Å². The number of sulfonamides is 1. The van der Waals surface area contributed by atoms with Gasteiger partial charge in [0, 0.05) is 10.0 Å². The van der Waals surface area contributed by atoms with Crippen molar-refractivity contribution in [2.75, 3.05) is 10.8 Å². The number of para-hydroxylation sites is 1. The first-order valence-corrected chi connectivity index (χ1v) is 8.72. The molecule has 0 saturated heterocycles. The number of anilines is 1. The Labute approximate surface area is 140 Å². The highest BCUT2D eigenvalue weighted by molar-refractivity contribution is 7.92. The Morgan fingerprint density at radius 3 is 2.14 bits per heavy atom. The molecule has 0 aliphatic heterocycles. The number of benzene rings is 2. The molecule has 0 heterocycles. The maximum atomic E-state index is 12.9. The molecule has 118 valence electrons. The van der Waals surface area contributed by atoms with Gasteiger partial charge in [0.05, 0.1) is 23.2 Å². The number of rotatable bonds is 5. The minimum Gasteiger partial charge on any atom is -0.392 e. The van der Waals surface area contributed by atoms with Crippen LogP contribution in [0.15, 0.2) is 53.4 Å². The summed E-state index contributed by atoms with van der Waals surface area (Å²) in [5, 5.41) is 10.1. The molecule has 0 radical (unpaired) electrons. The third-order valence-corrected chi connectivity index (χ3v) is 5.11. The van der Waals surface area contributed by atoms with E-state index in [2.05, 4.69) is 0 Å². The summed E-state index contributed by atoms with van der Waals surface area (Å²) >= 11 is 11.8. The van der Waals surface area contributed by atoms with E-state index in [1.807, 2.05) is 0 Å². The van der Waals surface area contributed by atoms with Crippen LogP contribution in [-0.4, -0.2) is 26.2 Å². The molecular weight excluding hydrogens is 345 g/mol. The molecule has 22 heavy (non-hydrogen) atoms. The molecule has 0 saturated carbocycles. The minimum absolute atomic E-state index is 0.0190. The molecule has 0 fully saturated rings. The van der Waals surface area contributed by atoms with Crippen LogP contribution in [0.1, 0.15) is 6.92 Å². The molecule has 0 amide bonds. The van der Waals surface area contributed by atoms with Crippen molar-refractivity contribution in [3.8, 4) is 0 Å². The van der Waals surface area contributed by atoms with Crippen LogP contribution in [0.5, 0.6) is 0 Å². The zero-order valence-corrected chi connectivity index (χ0v) is 14.1. The normalized spacial score (nSPS) is 12.9. The van der Waals surface area contributed by atoms with Gasteiger partial charge in [0.25, 0.3) is 10.0 Å². The number of aliphatic hydroxyl groups excluding tert-OH is 1. The Morgan fingerprint density at radius 2 is 1.64 bits per heavy atom. The van der Waals surface area contributed by atoms with Crippen LogP contribution in [0.3, 0.4) is 0 Å². The first kappa shape index (κ1) is 17.1. The first-order chi connectivity index (χ1) is 10.3. The second-order valence-corrected chi connectivity index (χ2v) is 7.56. The van der Waals surface area contributed by atoms with Gasteiger partial charge in [-0.05, 0) is 37.3 Å². The van der Waals surface area contributed by atoms with E-state index in [4.69, 9.17) is 23.2 Å². The van der Waals surface area contributed by atoms with Crippen LogP contribution in [0.2, 0.25) is 10.0 Å². The van der Waals surface area contributed by atoms with E-state index in [9.17, 15) is 13.5 Å². The van der Waals surface area contributed by atoms with E-state index in [1.165, 1.54) is 25.1 Å². The minimum atomic E-state index is -3.89. The van der Waals surface area contributed by atoms with Crippen LogP contribution in [0.4, 0.5) is 5.69 Å². The smallest absolute Gasteiger partial charge is 0.264 e. The summed E-state index contributed by atoms with van der Waals surface area (Å²) in [7, 11) is -3.89. The quantitative estimate of drug-likeness (QED) is 0.887. The van der Waals surface area contributed by atoms with E-state index in [1.54, 1.807) is 30.3 Å². The second-order valence-electron chi connectivity index (χ2n) is 4.83. The fourth-order valence-electron chi connectivity index (χ4n) is 1.98. The van der Waals surface area contributed by atoms with Gasteiger partial charge in [-0.15, -0.1) is 0 Å². The van der Waals surface area contributed by atoms with Gasteiger partial charge in [-0.1, -0.05) is 41.4 Å². The molecule has 0 bridgehead atoms. The van der Waals surface area contributed by atoms with Crippen molar-refractivity contribution in [2.24, 2.45) is 0 Å². The molecule has 1 N–H and O–H groups in total. The van der Waals surface area contributed by atoms with Gasteiger partial charge in [-0.25, -0.2) is 8.42 Å². The average molecular weight is 360 g/mol. The lowest BCUT2D eigenvalue weighted by molar-refractivity contribution is 0.204. The van der Waals surface area contributed by atoms with E-state index in [-0.39, 0.29) is 21.5 Å². The summed E-state index contributed by atoms with van der Waals surface area (Å²) in [6, 6.07) is 12.7. The predicted octanol–water partition coefficient (Wildman–Crippen LogP) is 3.57. The summed E-state index contributed by atoms with van der Waals surface area (Å²) < 4.78 is 26.9. The van der Waals surface area contributed by atoms with Crippen LogP contribution < -0.4 is 4.31 Å². The largest absolute Gasteiger partial charge is 0.392 e. The zero-order valence-electron chi connectivity index (χ0n) is 11.8. The maximum absolute atomic E-state index is 12.9. The highest BCUT2D eigenvalue weighted by Gasteiger charge is 2.26. The van der Waals surface area contributed by atoms with Gasteiger partial charge in [0.15, 0.2) is 0 Å². The topological polar surface area (TPSA) is 57.6 Å². The Morgan fingerprint density at radius 1 is 1.09 bits per heavy atom. The predicted molar refractivity (Wildman–Crippen MR) is 89.1 cm³/mol. The molecule has 0 unspecified atom stereocenters. The number of halogens is 2. The number of aliphatic hydroxyl groups is 1. The summed E-state index contributed by atoms with van der Waals surface area (Å²) in [6.45, 7) is 1.45. The summed E-state index contributed by atoms with van der Waals surface area (Å²) in [6.07, 6.45) is -0.829. The van der Waals surface area contributed by atoms with Crippen molar-refractivity contribution in [1.29, 1.82) is 0 Å². The third-order valence-electron chi connectivity index (χ3n) is 2.90. The Hall–Kier alpha value is -1.27. The molecule has 0 aromatic heterocycles. The van der Waals surface area contributed by atoms with Gasteiger partial charge < -0.3 is 5.11 Å². The summed E-state index contributed by atoms with van der Waals surface area (Å²) in [5.74, 6) is 0. The molecule has 1 atom stereocenters. The molecule has 2 aromatic rings. The summed E-state index contributed by atoms with van der Waals surface area (Å²) in [5.41, 5.74) is 0.458. The zero-order chi connectivity index (χ0) is 16.3. The highest BCUT2D eigenvalue weighted by atomic mass is 35.5. The van der Waals surface area contributed by atoms with Gasteiger partial charge in [-0.3, -0.25) is 4.31 Å². The highest BCUT2D eigenvalue weighted by Crippen LogP contribution is 2.28. The van der Waals surface area contributed by atoms with Crippen molar-refractivity contribution in [3.63, 3.8) is 0 Å². The van der Waals surface area contributed by atoms with Crippen LogP contribution >= 0.6 is 23.2 Å². The van der Waals surface area contributed by atoms with Crippen molar-refractivity contribution in [1.82, 2.24) is 0 Å². The maximum Gasteiger partial charge on any atom is 0.264 e. The molecule has 2 rings (SSSR count). The molecule has 2 aromatic carbocycles. The van der Waals surface area contributed by atoms with Crippen molar-refractivity contribution in [3.05, 3.63) is 58.6 Å². The fraction of sp³-hybridized carbons (Fsp3) is 0.200. The Balaban J connectivity index is 2.54. The molecular formula is C15H15Cl2NO3S. The molecule has 0 aliphatic carbocycles. The molecule has 0 spiro atoms. The molecule has 4 nitrogen and oxygen atoms in total. The second kappa shape index (κ2) is 6.87. The van der Waals surface area contributed by atoms with E-state index < -0.39 is 16.1 Å². The van der Waals surface area contributed by atoms with Crippen LogP contribution in [0.25, 0.3) is 0 Å². The monoisotopic (exact) mass is 359 g/mol. The van der Waals surface area contributed by atoms with Gasteiger partial charge in [-0.2, -0.15) is 0 Å². The number of hydrogen-bond acceptors (Lipinski definition) is 3. The summed E-state index contributed by atoms with van der Waals surface area (Å²) in [4.78, 5) is -0.0190. The molecule has 7 heteroatoms. The van der Waals surface area contributed by atoms with E-state index >= 15 is 0 Å². The lowest BCUT2D eigenvalue weighted by Crippen LogP contribution is -2.36. The molecule has 0 aliphatic rings. The Bertz CT molecular complexity index is 728. The van der Waals surface area contributed by atoms with Crippen LogP contribution in [0, 0.1) is 0 Å². The lowest BCUT2D eigenvalue weighted by atomic mass is 10.3. The average Bonchev–Trinajstić information content (AvgIpc) is 2.44. The fourth-order valence-corrected chi connectivity index (χ4v) is 4.25. The standard InChI is InChI=1S/C15H15Cl2NO3S/c1-11(19)10-18(14-5-3-2-4-6-14)22(20,21)15-8-12(16)7-13(17)9-15/h2-9,11,19H,10H2,1H3/t11-/m0/s1.